The Hall–Kier alpha value is -2.40. The SMILES string of the molecule is Cc1cc(NC(=O)N[C@H]2CCN(C)[C@@H]2c2ccccc2)ccn1. The lowest BCUT2D eigenvalue weighted by molar-refractivity contribution is 0.240. The molecule has 0 aliphatic carbocycles. The predicted molar refractivity (Wildman–Crippen MR) is 91.3 cm³/mol. The zero-order valence-corrected chi connectivity index (χ0v) is 13.5. The highest BCUT2D eigenvalue weighted by atomic mass is 16.2. The van der Waals surface area contributed by atoms with Crippen molar-refractivity contribution in [2.24, 2.45) is 0 Å². The van der Waals surface area contributed by atoms with E-state index in [2.05, 4.69) is 39.7 Å². The summed E-state index contributed by atoms with van der Waals surface area (Å²) in [5, 5.41) is 6.00. The van der Waals surface area contributed by atoms with Crippen molar-refractivity contribution in [3.05, 3.63) is 59.9 Å². The Morgan fingerprint density at radius 3 is 2.78 bits per heavy atom. The van der Waals surface area contributed by atoms with Gasteiger partial charge in [-0.25, -0.2) is 4.79 Å². The summed E-state index contributed by atoms with van der Waals surface area (Å²) in [6.45, 7) is 2.87. The monoisotopic (exact) mass is 310 g/mol. The topological polar surface area (TPSA) is 57.3 Å². The molecule has 23 heavy (non-hydrogen) atoms. The van der Waals surface area contributed by atoms with Gasteiger partial charge < -0.3 is 10.6 Å². The minimum atomic E-state index is -0.170. The van der Waals surface area contributed by atoms with Crippen LogP contribution in [0.5, 0.6) is 0 Å². The molecule has 5 heteroatoms. The number of nitrogens with one attached hydrogen (secondary N) is 2. The number of nitrogens with zero attached hydrogens (tertiary/aromatic N) is 2. The number of carbonyl (C=O) groups is 1. The van der Waals surface area contributed by atoms with Gasteiger partial charge in [-0.3, -0.25) is 9.88 Å². The molecule has 1 aliphatic heterocycles. The number of pyridine rings is 1. The molecular weight excluding hydrogens is 288 g/mol. The van der Waals surface area contributed by atoms with E-state index in [-0.39, 0.29) is 18.1 Å². The van der Waals surface area contributed by atoms with Crippen molar-refractivity contribution < 1.29 is 4.79 Å². The first-order valence-corrected chi connectivity index (χ1v) is 7.89. The number of hydrogen-bond acceptors (Lipinski definition) is 3. The summed E-state index contributed by atoms with van der Waals surface area (Å²) < 4.78 is 0. The van der Waals surface area contributed by atoms with Crippen LogP contribution in [0.25, 0.3) is 0 Å². The third-order valence-electron chi connectivity index (χ3n) is 4.26. The zero-order valence-electron chi connectivity index (χ0n) is 13.5. The molecule has 0 saturated carbocycles. The fraction of sp³-hybridized carbons (Fsp3) is 0.333. The van der Waals surface area contributed by atoms with E-state index in [1.54, 1.807) is 12.3 Å². The van der Waals surface area contributed by atoms with Crippen LogP contribution in [0, 0.1) is 6.92 Å². The molecule has 5 nitrogen and oxygen atoms in total. The number of likely N-dealkylation sites (N-methyl/N-ethyl adjacent to an activating group) is 1. The van der Waals surface area contributed by atoms with Crippen LogP contribution < -0.4 is 10.6 Å². The van der Waals surface area contributed by atoms with Crippen molar-refractivity contribution in [1.82, 2.24) is 15.2 Å². The minimum Gasteiger partial charge on any atom is -0.333 e. The second kappa shape index (κ2) is 6.79. The lowest BCUT2D eigenvalue weighted by atomic mass is 10.0. The number of aromatic nitrogens is 1. The quantitative estimate of drug-likeness (QED) is 0.916. The summed E-state index contributed by atoms with van der Waals surface area (Å²) in [6, 6.07) is 14.1. The summed E-state index contributed by atoms with van der Waals surface area (Å²) >= 11 is 0. The van der Waals surface area contributed by atoms with Gasteiger partial charge in [0.1, 0.15) is 0 Å². The second-order valence-electron chi connectivity index (χ2n) is 6.02. The summed E-state index contributed by atoms with van der Waals surface area (Å²) in [7, 11) is 2.10. The molecule has 120 valence electrons. The van der Waals surface area contributed by atoms with Gasteiger partial charge in [0.05, 0.1) is 12.1 Å². The molecule has 2 N–H and O–H groups in total. The summed E-state index contributed by atoms with van der Waals surface area (Å²) in [6.07, 6.45) is 2.64. The molecule has 1 fully saturated rings. The molecule has 2 amide bonds. The first-order valence-electron chi connectivity index (χ1n) is 7.89. The Labute approximate surface area is 136 Å². The Balaban J connectivity index is 1.67. The molecule has 2 atom stereocenters. The van der Waals surface area contributed by atoms with Gasteiger partial charge in [0.2, 0.25) is 0 Å². The average molecular weight is 310 g/mol. The van der Waals surface area contributed by atoms with E-state index in [0.29, 0.717) is 0 Å². The highest BCUT2D eigenvalue weighted by molar-refractivity contribution is 5.89. The molecule has 2 heterocycles. The van der Waals surface area contributed by atoms with Crippen molar-refractivity contribution in [1.29, 1.82) is 0 Å². The van der Waals surface area contributed by atoms with E-state index < -0.39 is 0 Å². The number of carbonyl (C=O) groups excluding carboxylic acids is 1. The Bertz CT molecular complexity index is 674. The van der Waals surface area contributed by atoms with Gasteiger partial charge in [-0.2, -0.15) is 0 Å². The molecule has 3 rings (SSSR count). The van der Waals surface area contributed by atoms with Gasteiger partial charge in [-0.05, 0) is 38.1 Å². The van der Waals surface area contributed by atoms with Gasteiger partial charge in [-0.15, -0.1) is 0 Å². The van der Waals surface area contributed by atoms with Crippen LogP contribution >= 0.6 is 0 Å². The van der Waals surface area contributed by atoms with E-state index in [1.807, 2.05) is 31.2 Å². The third kappa shape index (κ3) is 3.68. The number of aryl methyl sites for hydroxylation is 1. The van der Waals surface area contributed by atoms with E-state index in [0.717, 1.165) is 24.3 Å². The van der Waals surface area contributed by atoms with E-state index >= 15 is 0 Å². The second-order valence-corrected chi connectivity index (χ2v) is 6.02. The summed E-state index contributed by atoms with van der Waals surface area (Å²) in [4.78, 5) is 18.7. The van der Waals surface area contributed by atoms with E-state index in [4.69, 9.17) is 0 Å². The fourth-order valence-corrected chi connectivity index (χ4v) is 3.19. The van der Waals surface area contributed by atoms with Crippen LogP contribution in [0.15, 0.2) is 48.7 Å². The van der Waals surface area contributed by atoms with Crippen molar-refractivity contribution in [3.63, 3.8) is 0 Å². The Morgan fingerprint density at radius 2 is 2.04 bits per heavy atom. The number of rotatable bonds is 3. The lowest BCUT2D eigenvalue weighted by Crippen LogP contribution is -2.41. The fourth-order valence-electron chi connectivity index (χ4n) is 3.19. The molecule has 0 spiro atoms. The van der Waals surface area contributed by atoms with Crippen LogP contribution in [-0.2, 0) is 0 Å². The smallest absolute Gasteiger partial charge is 0.319 e. The normalized spacial score (nSPS) is 21.1. The number of hydrogen-bond donors (Lipinski definition) is 2. The molecular formula is C18H22N4O. The van der Waals surface area contributed by atoms with Crippen molar-refractivity contribution >= 4 is 11.7 Å². The van der Waals surface area contributed by atoms with Crippen molar-refractivity contribution in [2.75, 3.05) is 18.9 Å². The first kappa shape index (κ1) is 15.5. The molecule has 2 aromatic rings. The number of likely N-dealkylation sites (tertiary alicyclic amines) is 1. The lowest BCUT2D eigenvalue weighted by Gasteiger charge is -2.26. The van der Waals surface area contributed by atoms with Crippen molar-refractivity contribution in [3.8, 4) is 0 Å². The molecule has 1 saturated heterocycles. The molecule has 0 unspecified atom stereocenters. The van der Waals surface area contributed by atoms with Crippen LogP contribution in [0.2, 0.25) is 0 Å². The summed E-state index contributed by atoms with van der Waals surface area (Å²) in [5.74, 6) is 0. The highest BCUT2D eigenvalue weighted by Gasteiger charge is 2.33. The first-order chi connectivity index (χ1) is 11.1. The number of amides is 2. The third-order valence-corrected chi connectivity index (χ3v) is 4.26. The number of benzene rings is 1. The maximum Gasteiger partial charge on any atom is 0.319 e. The largest absolute Gasteiger partial charge is 0.333 e. The number of anilines is 1. The maximum absolute atomic E-state index is 12.3. The highest BCUT2D eigenvalue weighted by Crippen LogP contribution is 2.30. The van der Waals surface area contributed by atoms with Crippen LogP contribution in [-0.4, -0.2) is 35.5 Å². The van der Waals surface area contributed by atoms with Crippen LogP contribution in [0.4, 0.5) is 10.5 Å². The number of urea groups is 1. The average Bonchev–Trinajstić information content (AvgIpc) is 2.88. The van der Waals surface area contributed by atoms with Crippen molar-refractivity contribution in [2.45, 2.75) is 25.4 Å². The van der Waals surface area contributed by atoms with Gasteiger partial charge in [-0.1, -0.05) is 30.3 Å². The van der Waals surface area contributed by atoms with Crippen LogP contribution in [0.1, 0.15) is 23.7 Å². The molecule has 1 aromatic carbocycles. The molecule has 0 bridgehead atoms. The predicted octanol–water partition coefficient (Wildman–Crippen LogP) is 2.96. The van der Waals surface area contributed by atoms with E-state index in [9.17, 15) is 4.79 Å². The van der Waals surface area contributed by atoms with Gasteiger partial charge in [0.15, 0.2) is 0 Å². The maximum atomic E-state index is 12.3. The van der Waals surface area contributed by atoms with Gasteiger partial charge in [0, 0.05) is 24.1 Å². The van der Waals surface area contributed by atoms with Gasteiger partial charge >= 0.3 is 6.03 Å². The standard InChI is InChI=1S/C18H22N4O/c1-13-12-15(8-10-19-13)20-18(23)21-16-9-11-22(2)17(16)14-6-4-3-5-7-14/h3-8,10,12,16-17H,9,11H2,1-2H3,(H2,19,20,21,23)/t16-,17+/m0/s1. The van der Waals surface area contributed by atoms with E-state index in [1.165, 1.54) is 5.56 Å². The van der Waals surface area contributed by atoms with Crippen LogP contribution in [0.3, 0.4) is 0 Å². The summed E-state index contributed by atoms with van der Waals surface area (Å²) in [5.41, 5.74) is 2.88. The molecule has 0 radical (unpaired) electrons. The Kier molecular flexibility index (Phi) is 4.57. The Morgan fingerprint density at radius 1 is 1.26 bits per heavy atom. The molecule has 1 aliphatic rings. The zero-order chi connectivity index (χ0) is 16.2. The minimum absolute atomic E-state index is 0.102. The van der Waals surface area contributed by atoms with Gasteiger partial charge in [0.25, 0.3) is 0 Å². The molecule has 1 aromatic heterocycles.